The zero-order valence-electron chi connectivity index (χ0n) is 18.6. The predicted molar refractivity (Wildman–Crippen MR) is 130 cm³/mol. The van der Waals surface area contributed by atoms with E-state index in [-0.39, 0.29) is 17.6 Å². The second kappa shape index (κ2) is 10.7. The number of nitrogens with one attached hydrogen (secondary N) is 2. The van der Waals surface area contributed by atoms with E-state index in [1.165, 1.54) is 11.8 Å². The first-order chi connectivity index (χ1) is 16.6. The van der Waals surface area contributed by atoms with Gasteiger partial charge in [-0.25, -0.2) is 0 Å². The minimum absolute atomic E-state index is 0.159. The van der Waals surface area contributed by atoms with E-state index in [4.69, 9.17) is 9.15 Å². The first-order valence-electron chi connectivity index (χ1n) is 10.5. The third kappa shape index (κ3) is 5.29. The molecule has 0 bridgehead atoms. The van der Waals surface area contributed by atoms with Gasteiger partial charge < -0.3 is 19.8 Å². The minimum Gasteiger partial charge on any atom is -0.495 e. The summed E-state index contributed by atoms with van der Waals surface area (Å²) >= 11 is 1.29. The Morgan fingerprint density at radius 2 is 1.82 bits per heavy atom. The average Bonchev–Trinajstić information content (AvgIpc) is 3.53. The van der Waals surface area contributed by atoms with Gasteiger partial charge in [0.25, 0.3) is 5.91 Å². The second-order valence-corrected chi connectivity index (χ2v) is 8.04. The first kappa shape index (κ1) is 23.1. The van der Waals surface area contributed by atoms with Crippen molar-refractivity contribution in [3.05, 3.63) is 72.5 Å². The maximum atomic E-state index is 12.5. The van der Waals surface area contributed by atoms with E-state index in [0.29, 0.717) is 46.0 Å². The van der Waals surface area contributed by atoms with Gasteiger partial charge in [-0.15, -0.1) is 10.2 Å². The van der Waals surface area contributed by atoms with Crippen LogP contribution < -0.4 is 15.4 Å². The summed E-state index contributed by atoms with van der Waals surface area (Å²) in [4.78, 5) is 25.0. The normalized spacial score (nSPS) is 10.6. The summed E-state index contributed by atoms with van der Waals surface area (Å²) in [6, 6.07) is 17.5. The first-order valence-corrected chi connectivity index (χ1v) is 11.5. The Kier molecular flexibility index (Phi) is 7.28. The van der Waals surface area contributed by atoms with Crippen LogP contribution in [0.25, 0.3) is 11.6 Å². The number of carbonyl (C=O) groups is 2. The number of anilines is 2. The number of furan rings is 1. The molecule has 0 atom stereocenters. The number of para-hydroxylation sites is 2. The molecule has 0 aliphatic heterocycles. The highest BCUT2D eigenvalue weighted by Crippen LogP contribution is 2.25. The zero-order valence-corrected chi connectivity index (χ0v) is 19.5. The molecule has 0 fully saturated rings. The van der Waals surface area contributed by atoms with Crippen LogP contribution in [0.5, 0.6) is 5.75 Å². The molecule has 2 heterocycles. The Hall–Kier alpha value is -4.05. The van der Waals surface area contributed by atoms with E-state index in [0.717, 1.165) is 0 Å². The van der Waals surface area contributed by atoms with Crippen LogP contribution >= 0.6 is 11.8 Å². The summed E-state index contributed by atoms with van der Waals surface area (Å²) < 4.78 is 12.6. The Morgan fingerprint density at radius 1 is 1.03 bits per heavy atom. The van der Waals surface area contributed by atoms with E-state index in [2.05, 4.69) is 20.8 Å². The molecule has 4 aromatic rings. The molecule has 0 aliphatic rings. The minimum atomic E-state index is -0.274. The van der Waals surface area contributed by atoms with Crippen LogP contribution in [-0.4, -0.2) is 39.4 Å². The lowest BCUT2D eigenvalue weighted by atomic mass is 10.2. The third-order valence-electron chi connectivity index (χ3n) is 4.89. The summed E-state index contributed by atoms with van der Waals surface area (Å²) in [7, 11) is 1.55. The van der Waals surface area contributed by atoms with Gasteiger partial charge in [0.05, 0.1) is 24.8 Å². The molecular weight excluding hydrogens is 454 g/mol. The summed E-state index contributed by atoms with van der Waals surface area (Å²) in [5.74, 6) is 1.52. The van der Waals surface area contributed by atoms with E-state index in [1.807, 2.05) is 29.7 Å². The number of carbonyl (C=O) groups excluding carboxylic acids is 2. The van der Waals surface area contributed by atoms with Crippen molar-refractivity contribution in [3.8, 4) is 17.3 Å². The molecule has 0 saturated heterocycles. The Balaban J connectivity index is 1.33. The number of rotatable bonds is 9. The van der Waals surface area contributed by atoms with Crippen LogP contribution in [0.1, 0.15) is 17.3 Å². The summed E-state index contributed by atoms with van der Waals surface area (Å²) in [6.45, 7) is 2.62. The number of hydrogen-bond donors (Lipinski definition) is 2. The van der Waals surface area contributed by atoms with Gasteiger partial charge in [-0.1, -0.05) is 23.9 Å². The molecule has 0 radical (unpaired) electrons. The van der Waals surface area contributed by atoms with E-state index in [9.17, 15) is 9.59 Å². The summed E-state index contributed by atoms with van der Waals surface area (Å²) in [6.07, 6.45) is 1.58. The molecule has 4 rings (SSSR count). The van der Waals surface area contributed by atoms with Crippen LogP contribution in [-0.2, 0) is 11.3 Å². The molecule has 2 amide bonds. The quantitative estimate of drug-likeness (QED) is 0.340. The van der Waals surface area contributed by atoms with Gasteiger partial charge in [-0.3, -0.25) is 14.2 Å². The van der Waals surface area contributed by atoms with Gasteiger partial charge in [0, 0.05) is 17.8 Å². The van der Waals surface area contributed by atoms with Crippen molar-refractivity contribution in [2.45, 2.75) is 18.6 Å². The molecule has 0 aliphatic carbocycles. The maximum absolute atomic E-state index is 12.5. The predicted octanol–water partition coefficient (Wildman–Crippen LogP) is 4.55. The van der Waals surface area contributed by atoms with Crippen LogP contribution in [0.15, 0.2) is 76.5 Å². The van der Waals surface area contributed by atoms with Gasteiger partial charge in [-0.05, 0) is 55.5 Å². The van der Waals surface area contributed by atoms with Gasteiger partial charge in [0.1, 0.15) is 5.75 Å². The van der Waals surface area contributed by atoms with Crippen molar-refractivity contribution in [1.82, 2.24) is 14.8 Å². The van der Waals surface area contributed by atoms with Gasteiger partial charge in [0.15, 0.2) is 16.7 Å². The van der Waals surface area contributed by atoms with Crippen LogP contribution in [0.3, 0.4) is 0 Å². The molecule has 9 nitrogen and oxygen atoms in total. The van der Waals surface area contributed by atoms with Crippen LogP contribution in [0.2, 0.25) is 0 Å². The topological polar surface area (TPSA) is 111 Å². The number of ether oxygens (including phenoxy) is 1. The number of methoxy groups -OCH3 is 1. The zero-order chi connectivity index (χ0) is 23.9. The fourth-order valence-electron chi connectivity index (χ4n) is 3.24. The maximum Gasteiger partial charge on any atom is 0.255 e. The molecule has 2 aromatic heterocycles. The van der Waals surface area contributed by atoms with Crippen molar-refractivity contribution >= 4 is 35.0 Å². The SMILES string of the molecule is CCn1c(SCC(=O)Nc2ccc(C(=O)Nc3ccccc3OC)cc2)nnc1-c1ccco1. The molecule has 2 N–H and O–H groups in total. The highest BCUT2D eigenvalue weighted by atomic mass is 32.2. The Bertz CT molecular complexity index is 1270. The van der Waals surface area contributed by atoms with Gasteiger partial charge in [-0.2, -0.15) is 0 Å². The van der Waals surface area contributed by atoms with Crippen LogP contribution in [0, 0.1) is 0 Å². The van der Waals surface area contributed by atoms with Crippen molar-refractivity contribution < 1.29 is 18.7 Å². The number of nitrogens with zero attached hydrogens (tertiary/aromatic N) is 3. The average molecular weight is 478 g/mol. The molecule has 10 heteroatoms. The highest BCUT2D eigenvalue weighted by Gasteiger charge is 2.16. The standard InChI is InChI=1S/C24H23N5O4S/c1-3-29-22(20-9-6-14-33-20)27-28-24(29)34-15-21(30)25-17-12-10-16(11-13-17)23(31)26-18-7-4-5-8-19(18)32-2/h4-14H,3,15H2,1-2H3,(H,25,30)(H,26,31). The monoisotopic (exact) mass is 477 g/mol. The third-order valence-corrected chi connectivity index (χ3v) is 5.86. The summed E-state index contributed by atoms with van der Waals surface area (Å²) in [5.41, 5.74) is 1.63. The van der Waals surface area contributed by atoms with Gasteiger partial charge >= 0.3 is 0 Å². The van der Waals surface area contributed by atoms with Crippen molar-refractivity contribution in [3.63, 3.8) is 0 Å². The number of thioether (sulfide) groups is 1. The second-order valence-electron chi connectivity index (χ2n) is 7.10. The Morgan fingerprint density at radius 3 is 2.53 bits per heavy atom. The Labute approximate surface area is 200 Å². The van der Waals surface area contributed by atoms with Crippen LogP contribution in [0.4, 0.5) is 11.4 Å². The lowest BCUT2D eigenvalue weighted by Gasteiger charge is -2.10. The van der Waals surface area contributed by atoms with E-state index >= 15 is 0 Å². The fraction of sp³-hybridized carbons (Fsp3) is 0.167. The lowest BCUT2D eigenvalue weighted by Crippen LogP contribution is -2.15. The molecule has 0 spiro atoms. The molecule has 34 heavy (non-hydrogen) atoms. The number of amides is 2. The van der Waals surface area contributed by atoms with E-state index in [1.54, 1.807) is 55.8 Å². The molecular formula is C24H23N5O4S. The molecule has 2 aromatic carbocycles. The molecule has 0 saturated carbocycles. The number of hydrogen-bond acceptors (Lipinski definition) is 7. The fourth-order valence-corrected chi connectivity index (χ4v) is 4.05. The number of benzene rings is 2. The van der Waals surface area contributed by atoms with Crippen molar-refractivity contribution in [1.29, 1.82) is 0 Å². The smallest absolute Gasteiger partial charge is 0.255 e. The van der Waals surface area contributed by atoms with Crippen molar-refractivity contribution in [2.75, 3.05) is 23.5 Å². The summed E-state index contributed by atoms with van der Waals surface area (Å²) in [5, 5.41) is 14.6. The van der Waals surface area contributed by atoms with Crippen molar-refractivity contribution in [2.24, 2.45) is 0 Å². The highest BCUT2D eigenvalue weighted by molar-refractivity contribution is 7.99. The number of aromatic nitrogens is 3. The van der Waals surface area contributed by atoms with E-state index < -0.39 is 0 Å². The molecule has 174 valence electrons. The molecule has 0 unspecified atom stereocenters. The largest absolute Gasteiger partial charge is 0.495 e. The lowest BCUT2D eigenvalue weighted by molar-refractivity contribution is -0.113. The van der Waals surface area contributed by atoms with Gasteiger partial charge in [0.2, 0.25) is 5.91 Å².